The fourth-order valence-corrected chi connectivity index (χ4v) is 4.67. The van der Waals surface area contributed by atoms with Crippen molar-refractivity contribution < 1.29 is 8.42 Å². The minimum absolute atomic E-state index is 0.0722. The first kappa shape index (κ1) is 14.5. The lowest BCUT2D eigenvalue weighted by Gasteiger charge is -2.37. The average Bonchev–Trinajstić information content (AvgIpc) is 2.38. The Morgan fingerprint density at radius 1 is 1.16 bits per heavy atom. The Morgan fingerprint density at radius 2 is 1.68 bits per heavy atom. The first-order valence-electron chi connectivity index (χ1n) is 6.79. The van der Waals surface area contributed by atoms with Gasteiger partial charge >= 0.3 is 0 Å². The van der Waals surface area contributed by atoms with Gasteiger partial charge in [0, 0.05) is 18.6 Å². The van der Waals surface area contributed by atoms with Crippen LogP contribution < -0.4 is 5.73 Å². The number of piperidine rings is 1. The third-order valence-electron chi connectivity index (χ3n) is 3.85. The van der Waals surface area contributed by atoms with Crippen molar-refractivity contribution in [2.75, 3.05) is 0 Å². The maximum absolute atomic E-state index is 12.7. The number of nitrogens with two attached hydrogens (primary N) is 1. The molecular formula is C14H22N2O2S. The van der Waals surface area contributed by atoms with E-state index in [4.69, 9.17) is 5.73 Å². The van der Waals surface area contributed by atoms with Crippen molar-refractivity contribution in [3.8, 4) is 0 Å². The Labute approximate surface area is 115 Å². The summed E-state index contributed by atoms with van der Waals surface area (Å²) >= 11 is 0. The lowest BCUT2D eigenvalue weighted by Crippen LogP contribution is -2.47. The third-order valence-corrected chi connectivity index (χ3v) is 5.99. The Morgan fingerprint density at radius 3 is 2.16 bits per heavy atom. The zero-order chi connectivity index (χ0) is 14.0. The number of nitrogens with zero attached hydrogens (tertiary/aromatic N) is 1. The van der Waals surface area contributed by atoms with E-state index in [0.29, 0.717) is 11.4 Å². The maximum Gasteiger partial charge on any atom is 0.243 e. The minimum Gasteiger partial charge on any atom is -0.326 e. The van der Waals surface area contributed by atoms with Crippen LogP contribution in [-0.4, -0.2) is 24.8 Å². The molecule has 1 heterocycles. The summed E-state index contributed by atoms with van der Waals surface area (Å²) in [5.41, 5.74) is 6.48. The fraction of sp³-hybridized carbons (Fsp3) is 0.571. The molecule has 2 rings (SSSR count). The molecule has 0 bridgehead atoms. The van der Waals surface area contributed by atoms with E-state index in [1.807, 2.05) is 13.8 Å². The van der Waals surface area contributed by atoms with Crippen molar-refractivity contribution in [2.24, 2.45) is 5.73 Å². The summed E-state index contributed by atoms with van der Waals surface area (Å²) in [5, 5.41) is 0. The molecule has 0 saturated carbocycles. The standard InChI is InChI=1S/C14H22N2O2S/c1-11-4-3-5-12(2)16(11)19(17,18)14-8-6-13(10-15)7-9-14/h6-9,11-12H,3-5,10,15H2,1-2H3/t11-,12+. The quantitative estimate of drug-likeness (QED) is 0.923. The van der Waals surface area contributed by atoms with Crippen LogP contribution in [0, 0.1) is 0 Å². The molecule has 2 N–H and O–H groups in total. The lowest BCUT2D eigenvalue weighted by atomic mass is 10.0. The van der Waals surface area contributed by atoms with Crippen molar-refractivity contribution in [3.05, 3.63) is 29.8 Å². The largest absolute Gasteiger partial charge is 0.326 e. The van der Waals surface area contributed by atoms with Gasteiger partial charge in [-0.1, -0.05) is 18.6 Å². The SMILES string of the molecule is C[C@@H]1CCC[C@H](C)N1S(=O)(=O)c1ccc(CN)cc1. The average molecular weight is 282 g/mol. The Hall–Kier alpha value is -0.910. The predicted molar refractivity (Wildman–Crippen MR) is 76.1 cm³/mol. The van der Waals surface area contributed by atoms with E-state index in [-0.39, 0.29) is 12.1 Å². The third kappa shape index (κ3) is 2.83. The van der Waals surface area contributed by atoms with Crippen molar-refractivity contribution in [3.63, 3.8) is 0 Å². The predicted octanol–water partition coefficient (Wildman–Crippen LogP) is 2.10. The molecule has 106 valence electrons. The van der Waals surface area contributed by atoms with E-state index in [1.54, 1.807) is 28.6 Å². The summed E-state index contributed by atoms with van der Waals surface area (Å²) in [6, 6.07) is 7.03. The topological polar surface area (TPSA) is 63.4 Å². The smallest absolute Gasteiger partial charge is 0.243 e. The van der Waals surface area contributed by atoms with Gasteiger partial charge in [-0.2, -0.15) is 4.31 Å². The molecule has 0 spiro atoms. The molecular weight excluding hydrogens is 260 g/mol. The van der Waals surface area contributed by atoms with Crippen LogP contribution in [0.1, 0.15) is 38.7 Å². The van der Waals surface area contributed by atoms with Crippen molar-refractivity contribution in [1.82, 2.24) is 4.31 Å². The van der Waals surface area contributed by atoms with Crippen LogP contribution in [0.25, 0.3) is 0 Å². The van der Waals surface area contributed by atoms with Crippen LogP contribution in [0.15, 0.2) is 29.2 Å². The summed E-state index contributed by atoms with van der Waals surface area (Å²) in [5.74, 6) is 0. The van der Waals surface area contributed by atoms with Crippen LogP contribution in [-0.2, 0) is 16.6 Å². The summed E-state index contributed by atoms with van der Waals surface area (Å²) < 4.78 is 27.1. The number of hydrogen-bond donors (Lipinski definition) is 1. The van der Waals surface area contributed by atoms with E-state index in [2.05, 4.69) is 0 Å². The molecule has 1 saturated heterocycles. The first-order valence-corrected chi connectivity index (χ1v) is 8.23. The molecule has 1 aromatic carbocycles. The highest BCUT2D eigenvalue weighted by Crippen LogP contribution is 2.29. The number of benzene rings is 1. The van der Waals surface area contributed by atoms with Crippen molar-refractivity contribution in [2.45, 2.75) is 56.6 Å². The monoisotopic (exact) mass is 282 g/mol. The van der Waals surface area contributed by atoms with E-state index in [0.717, 1.165) is 24.8 Å². The number of sulfonamides is 1. The van der Waals surface area contributed by atoms with Gasteiger partial charge < -0.3 is 5.73 Å². The first-order chi connectivity index (χ1) is 8.96. The molecule has 1 aliphatic heterocycles. The van der Waals surface area contributed by atoms with Crippen molar-refractivity contribution >= 4 is 10.0 Å². The van der Waals surface area contributed by atoms with Crippen LogP contribution in [0.5, 0.6) is 0 Å². The lowest BCUT2D eigenvalue weighted by molar-refractivity contribution is 0.204. The van der Waals surface area contributed by atoms with Gasteiger partial charge in [0.05, 0.1) is 4.90 Å². The number of rotatable bonds is 3. The molecule has 0 amide bonds. The van der Waals surface area contributed by atoms with Gasteiger partial charge in [0.25, 0.3) is 0 Å². The van der Waals surface area contributed by atoms with E-state index in [9.17, 15) is 8.42 Å². The second kappa shape index (κ2) is 5.61. The van der Waals surface area contributed by atoms with Crippen LogP contribution >= 0.6 is 0 Å². The molecule has 1 aromatic rings. The molecule has 0 unspecified atom stereocenters. The fourth-order valence-electron chi connectivity index (χ4n) is 2.79. The van der Waals surface area contributed by atoms with E-state index >= 15 is 0 Å². The minimum atomic E-state index is -3.39. The summed E-state index contributed by atoms with van der Waals surface area (Å²) in [4.78, 5) is 0.366. The van der Waals surface area contributed by atoms with Crippen LogP contribution in [0.4, 0.5) is 0 Å². The normalized spacial score (nSPS) is 25.4. The molecule has 0 aliphatic carbocycles. The van der Waals surface area contributed by atoms with Gasteiger partial charge in [-0.15, -0.1) is 0 Å². The Balaban J connectivity index is 2.34. The highest BCUT2D eigenvalue weighted by atomic mass is 32.2. The van der Waals surface area contributed by atoms with Crippen molar-refractivity contribution in [1.29, 1.82) is 0 Å². The van der Waals surface area contributed by atoms with Crippen LogP contribution in [0.3, 0.4) is 0 Å². The number of hydrogen-bond acceptors (Lipinski definition) is 3. The Kier molecular flexibility index (Phi) is 4.28. The zero-order valence-electron chi connectivity index (χ0n) is 11.5. The molecule has 19 heavy (non-hydrogen) atoms. The van der Waals surface area contributed by atoms with Crippen LogP contribution in [0.2, 0.25) is 0 Å². The highest BCUT2D eigenvalue weighted by Gasteiger charge is 2.35. The molecule has 0 radical (unpaired) electrons. The summed E-state index contributed by atoms with van der Waals surface area (Å²) in [7, 11) is -3.39. The van der Waals surface area contributed by atoms with Gasteiger partial charge in [0.15, 0.2) is 0 Å². The second-order valence-electron chi connectivity index (χ2n) is 5.31. The van der Waals surface area contributed by atoms with Gasteiger partial charge in [0.2, 0.25) is 10.0 Å². The molecule has 5 heteroatoms. The van der Waals surface area contributed by atoms with Gasteiger partial charge in [-0.05, 0) is 44.4 Å². The molecule has 1 aliphatic rings. The van der Waals surface area contributed by atoms with E-state index < -0.39 is 10.0 Å². The van der Waals surface area contributed by atoms with E-state index in [1.165, 1.54) is 0 Å². The highest BCUT2D eigenvalue weighted by molar-refractivity contribution is 7.89. The maximum atomic E-state index is 12.7. The molecule has 0 aromatic heterocycles. The molecule has 1 fully saturated rings. The Bertz CT molecular complexity index is 515. The summed E-state index contributed by atoms with van der Waals surface area (Å²) in [6.45, 7) is 4.40. The van der Waals surface area contributed by atoms with Gasteiger partial charge in [-0.25, -0.2) is 8.42 Å². The second-order valence-corrected chi connectivity index (χ2v) is 7.16. The zero-order valence-corrected chi connectivity index (χ0v) is 12.4. The molecule has 2 atom stereocenters. The van der Waals surface area contributed by atoms with Gasteiger partial charge in [-0.3, -0.25) is 0 Å². The van der Waals surface area contributed by atoms with Gasteiger partial charge in [0.1, 0.15) is 0 Å². The molecule has 4 nitrogen and oxygen atoms in total. The summed E-state index contributed by atoms with van der Waals surface area (Å²) in [6.07, 6.45) is 2.97.